The summed E-state index contributed by atoms with van der Waals surface area (Å²) in [4.78, 5) is 22.9. The molecule has 0 aliphatic heterocycles. The number of nitrogens with one attached hydrogen (secondary N) is 1. The standard InChI is InChI=1S/C26H22IN3O6/c1-34-22-9-6-19(25(13-22)35-2)15-29-26(31)20(14-28)11-18-5-10-24(23(27)12-18)36-16-17-3-7-21(8-4-17)30(32)33/h3-13H,15-16H2,1-2H3,(H,29,31)/b20-11+. The number of nitrogens with zero attached hydrogens (tertiary/aromatic N) is 2. The van der Waals surface area contributed by atoms with Gasteiger partial charge in [-0.1, -0.05) is 6.07 Å². The first kappa shape index (κ1) is 26.5. The topological polar surface area (TPSA) is 124 Å². The summed E-state index contributed by atoms with van der Waals surface area (Å²) in [6.07, 6.45) is 1.50. The van der Waals surface area contributed by atoms with Gasteiger partial charge in [0.1, 0.15) is 35.5 Å². The van der Waals surface area contributed by atoms with Crippen LogP contribution in [0.25, 0.3) is 6.08 Å². The summed E-state index contributed by atoms with van der Waals surface area (Å²) in [5.41, 5.74) is 2.17. The number of carbonyl (C=O) groups is 1. The summed E-state index contributed by atoms with van der Waals surface area (Å²) in [6.45, 7) is 0.418. The van der Waals surface area contributed by atoms with Gasteiger partial charge in [-0.05, 0) is 76.2 Å². The lowest BCUT2D eigenvalue weighted by atomic mass is 10.1. The Bertz CT molecular complexity index is 1330. The fourth-order valence-electron chi connectivity index (χ4n) is 3.18. The van der Waals surface area contributed by atoms with Gasteiger partial charge in [-0.2, -0.15) is 5.26 Å². The smallest absolute Gasteiger partial charge is 0.269 e. The maximum atomic E-state index is 12.6. The van der Waals surface area contributed by atoms with Gasteiger partial charge in [0.15, 0.2) is 0 Å². The van der Waals surface area contributed by atoms with Gasteiger partial charge >= 0.3 is 0 Å². The number of nitro groups is 1. The van der Waals surface area contributed by atoms with Crippen LogP contribution in [0.5, 0.6) is 17.2 Å². The molecular weight excluding hydrogens is 577 g/mol. The van der Waals surface area contributed by atoms with E-state index in [4.69, 9.17) is 14.2 Å². The van der Waals surface area contributed by atoms with Gasteiger partial charge in [-0.25, -0.2) is 0 Å². The van der Waals surface area contributed by atoms with Crippen molar-refractivity contribution in [1.29, 1.82) is 5.26 Å². The maximum absolute atomic E-state index is 12.6. The van der Waals surface area contributed by atoms with Crippen LogP contribution in [0.2, 0.25) is 0 Å². The number of hydrogen-bond donors (Lipinski definition) is 1. The Balaban J connectivity index is 1.65. The summed E-state index contributed by atoms with van der Waals surface area (Å²) in [7, 11) is 3.08. The minimum absolute atomic E-state index is 0.0185. The van der Waals surface area contributed by atoms with E-state index in [0.717, 1.165) is 14.7 Å². The molecule has 0 heterocycles. The molecule has 0 saturated heterocycles. The molecule has 0 atom stereocenters. The molecule has 0 unspecified atom stereocenters. The molecule has 0 bridgehead atoms. The molecule has 3 aromatic carbocycles. The van der Waals surface area contributed by atoms with Crippen LogP contribution in [-0.2, 0) is 17.9 Å². The number of ether oxygens (including phenoxy) is 3. The van der Waals surface area contributed by atoms with Crippen molar-refractivity contribution < 1.29 is 23.9 Å². The number of non-ortho nitro benzene ring substituents is 1. The maximum Gasteiger partial charge on any atom is 0.269 e. The largest absolute Gasteiger partial charge is 0.497 e. The van der Waals surface area contributed by atoms with Gasteiger partial charge in [0.25, 0.3) is 11.6 Å². The molecule has 0 aliphatic carbocycles. The van der Waals surface area contributed by atoms with E-state index in [1.807, 2.05) is 6.07 Å². The first-order valence-corrected chi connectivity index (χ1v) is 11.7. The molecule has 9 nitrogen and oxygen atoms in total. The number of rotatable bonds is 10. The lowest BCUT2D eigenvalue weighted by Gasteiger charge is -2.11. The van der Waals surface area contributed by atoms with E-state index in [-0.39, 0.29) is 24.4 Å². The highest BCUT2D eigenvalue weighted by atomic mass is 127. The molecule has 0 aromatic heterocycles. The van der Waals surface area contributed by atoms with E-state index in [0.29, 0.717) is 22.8 Å². The zero-order valence-electron chi connectivity index (χ0n) is 19.5. The molecule has 0 saturated carbocycles. The van der Waals surface area contributed by atoms with Crippen molar-refractivity contribution in [3.63, 3.8) is 0 Å². The van der Waals surface area contributed by atoms with E-state index in [2.05, 4.69) is 27.9 Å². The van der Waals surface area contributed by atoms with Crippen LogP contribution in [0.3, 0.4) is 0 Å². The van der Waals surface area contributed by atoms with E-state index < -0.39 is 10.8 Å². The Hall–Kier alpha value is -4.11. The van der Waals surface area contributed by atoms with E-state index >= 15 is 0 Å². The average Bonchev–Trinajstić information content (AvgIpc) is 2.89. The average molecular weight is 599 g/mol. The first-order chi connectivity index (χ1) is 17.3. The van der Waals surface area contributed by atoms with Crippen molar-refractivity contribution in [2.75, 3.05) is 14.2 Å². The quantitative estimate of drug-likeness (QED) is 0.114. The summed E-state index contributed by atoms with van der Waals surface area (Å²) >= 11 is 2.11. The fraction of sp³-hybridized carbons (Fsp3) is 0.154. The molecular formula is C26H22IN3O6. The number of benzene rings is 3. The van der Waals surface area contributed by atoms with Crippen LogP contribution in [0, 0.1) is 25.0 Å². The number of nitriles is 1. The van der Waals surface area contributed by atoms with E-state index in [1.54, 1.807) is 55.6 Å². The van der Waals surface area contributed by atoms with E-state index in [1.165, 1.54) is 25.3 Å². The van der Waals surface area contributed by atoms with Gasteiger partial charge < -0.3 is 19.5 Å². The van der Waals surface area contributed by atoms with Crippen molar-refractivity contribution in [2.45, 2.75) is 13.2 Å². The Labute approximate surface area is 221 Å². The summed E-state index contributed by atoms with van der Waals surface area (Å²) in [5, 5.41) is 23.0. The number of carbonyl (C=O) groups excluding carboxylic acids is 1. The monoisotopic (exact) mass is 599 g/mol. The number of hydrogen-bond acceptors (Lipinski definition) is 7. The van der Waals surface area contributed by atoms with Crippen molar-refractivity contribution >= 4 is 40.3 Å². The van der Waals surface area contributed by atoms with Crippen LogP contribution in [0.15, 0.2) is 66.2 Å². The Morgan fingerprint density at radius 1 is 1.08 bits per heavy atom. The highest BCUT2D eigenvalue weighted by molar-refractivity contribution is 14.1. The molecule has 10 heteroatoms. The van der Waals surface area contributed by atoms with E-state index in [9.17, 15) is 20.2 Å². The molecule has 0 spiro atoms. The predicted octanol–water partition coefficient (Wildman–Crippen LogP) is 5.02. The Kier molecular flexibility index (Phi) is 9.24. The third-order valence-electron chi connectivity index (χ3n) is 5.11. The summed E-state index contributed by atoms with van der Waals surface area (Å²) in [6, 6.07) is 18.6. The molecule has 1 N–H and O–H groups in total. The first-order valence-electron chi connectivity index (χ1n) is 10.6. The molecule has 36 heavy (non-hydrogen) atoms. The van der Waals surface area contributed by atoms with Crippen molar-refractivity contribution in [3.05, 3.63) is 96.6 Å². The molecule has 3 aromatic rings. The van der Waals surface area contributed by atoms with Crippen LogP contribution in [0.4, 0.5) is 5.69 Å². The second-order valence-electron chi connectivity index (χ2n) is 7.43. The second kappa shape index (κ2) is 12.6. The normalized spacial score (nSPS) is 10.8. The van der Waals surface area contributed by atoms with Gasteiger partial charge in [0, 0.05) is 30.3 Å². The highest BCUT2D eigenvalue weighted by Gasteiger charge is 2.12. The zero-order chi connectivity index (χ0) is 26.1. The molecule has 0 aliphatic rings. The lowest BCUT2D eigenvalue weighted by Crippen LogP contribution is -2.24. The van der Waals surface area contributed by atoms with Gasteiger partial charge in [-0.3, -0.25) is 14.9 Å². The lowest BCUT2D eigenvalue weighted by molar-refractivity contribution is -0.384. The van der Waals surface area contributed by atoms with Crippen LogP contribution in [0.1, 0.15) is 16.7 Å². The summed E-state index contributed by atoms with van der Waals surface area (Å²) in [5.74, 6) is 1.30. The zero-order valence-corrected chi connectivity index (χ0v) is 21.6. The van der Waals surface area contributed by atoms with Gasteiger partial charge in [0.05, 0.1) is 22.7 Å². The number of methoxy groups -OCH3 is 2. The predicted molar refractivity (Wildman–Crippen MR) is 142 cm³/mol. The van der Waals surface area contributed by atoms with Crippen LogP contribution < -0.4 is 19.5 Å². The number of amides is 1. The van der Waals surface area contributed by atoms with Crippen LogP contribution >= 0.6 is 22.6 Å². The van der Waals surface area contributed by atoms with Gasteiger partial charge in [-0.15, -0.1) is 0 Å². The number of nitro benzene ring substituents is 1. The third-order valence-corrected chi connectivity index (χ3v) is 5.95. The summed E-state index contributed by atoms with van der Waals surface area (Å²) < 4.78 is 17.1. The number of halogens is 1. The Morgan fingerprint density at radius 2 is 1.83 bits per heavy atom. The van der Waals surface area contributed by atoms with Crippen LogP contribution in [-0.4, -0.2) is 25.1 Å². The SMILES string of the molecule is COc1ccc(CNC(=O)/C(C#N)=C/c2ccc(OCc3ccc([N+](=O)[O-])cc3)c(I)c2)c(OC)c1. The Morgan fingerprint density at radius 3 is 2.44 bits per heavy atom. The fourth-order valence-corrected chi connectivity index (χ4v) is 3.88. The van der Waals surface area contributed by atoms with Gasteiger partial charge in [0.2, 0.25) is 0 Å². The third kappa shape index (κ3) is 6.96. The van der Waals surface area contributed by atoms with Crippen molar-refractivity contribution in [3.8, 4) is 23.3 Å². The molecule has 0 radical (unpaired) electrons. The molecule has 184 valence electrons. The minimum Gasteiger partial charge on any atom is -0.497 e. The highest BCUT2D eigenvalue weighted by Crippen LogP contribution is 2.26. The molecule has 0 fully saturated rings. The molecule has 1 amide bonds. The molecule has 3 rings (SSSR count). The second-order valence-corrected chi connectivity index (χ2v) is 8.59. The van der Waals surface area contributed by atoms with Crippen molar-refractivity contribution in [1.82, 2.24) is 5.32 Å². The van der Waals surface area contributed by atoms with Crippen molar-refractivity contribution in [2.24, 2.45) is 0 Å². The minimum atomic E-state index is -0.510.